The number of hydrogen-bond donors (Lipinski definition) is 3. The lowest BCUT2D eigenvalue weighted by Crippen LogP contribution is -2.65. The summed E-state index contributed by atoms with van der Waals surface area (Å²) in [4.78, 5) is 0. The van der Waals surface area contributed by atoms with Crippen LogP contribution in [0.2, 0.25) is 0 Å². The van der Waals surface area contributed by atoms with Crippen LogP contribution in [0.1, 0.15) is 86.5 Å². The van der Waals surface area contributed by atoms with Crippen LogP contribution >= 0.6 is 0 Å². The van der Waals surface area contributed by atoms with Crippen LogP contribution in [0.3, 0.4) is 0 Å². The fourth-order valence-corrected chi connectivity index (χ4v) is 8.16. The Bertz CT molecular complexity index is 741. The van der Waals surface area contributed by atoms with Crippen LogP contribution in [0.5, 0.6) is 0 Å². The molecule has 0 unspecified atom stereocenters. The van der Waals surface area contributed by atoms with Gasteiger partial charge in [0.15, 0.2) is 0 Å². The molecule has 176 valence electrons. The van der Waals surface area contributed by atoms with Crippen molar-refractivity contribution in [1.82, 2.24) is 0 Å². The van der Waals surface area contributed by atoms with Crippen molar-refractivity contribution in [3.05, 3.63) is 23.8 Å². The standard InChI is InChI=1S/C28H46O3/c1-17(2)18(3)7-8-19(4)22-9-10-23-21-15-25(30)28(31)16-20(29)11-14-27(28,6)24(21)12-13-26(22,23)5/h7-8,15,17-20,22-25,29-31H,9-14,16H2,1-6H3/b8-7+/t18-,19+,20-,22+,23-,24-,25-,26+,27+,28+/m0/s1. The molecule has 4 aliphatic carbocycles. The third-order valence-electron chi connectivity index (χ3n) is 10.7. The molecular weight excluding hydrogens is 384 g/mol. The highest BCUT2D eigenvalue weighted by atomic mass is 16.3. The molecule has 0 aromatic carbocycles. The van der Waals surface area contributed by atoms with Gasteiger partial charge in [0, 0.05) is 11.8 Å². The molecule has 10 atom stereocenters. The van der Waals surface area contributed by atoms with Crippen LogP contribution in [0.25, 0.3) is 0 Å². The number of fused-ring (bicyclic) bond motifs is 5. The lowest BCUT2D eigenvalue weighted by Gasteiger charge is -2.62. The molecule has 0 radical (unpaired) electrons. The Kier molecular flexibility index (Phi) is 6.06. The average molecular weight is 431 g/mol. The summed E-state index contributed by atoms with van der Waals surface area (Å²) in [5.74, 6) is 3.37. The third kappa shape index (κ3) is 3.49. The maximum Gasteiger partial charge on any atom is 0.102 e. The van der Waals surface area contributed by atoms with Crippen molar-refractivity contribution in [3.63, 3.8) is 0 Å². The van der Waals surface area contributed by atoms with Gasteiger partial charge in [-0.3, -0.25) is 0 Å². The number of aliphatic hydroxyl groups excluding tert-OH is 2. The van der Waals surface area contributed by atoms with Gasteiger partial charge in [0.25, 0.3) is 0 Å². The molecule has 0 aromatic heterocycles. The number of allylic oxidation sites excluding steroid dienone is 3. The Balaban J connectivity index is 1.61. The summed E-state index contributed by atoms with van der Waals surface area (Å²) in [6.07, 6.45) is 12.1. The smallest absolute Gasteiger partial charge is 0.102 e. The first-order valence-electron chi connectivity index (χ1n) is 12.9. The van der Waals surface area contributed by atoms with Gasteiger partial charge in [-0.25, -0.2) is 0 Å². The maximum absolute atomic E-state index is 11.6. The Morgan fingerprint density at radius 3 is 2.32 bits per heavy atom. The van der Waals surface area contributed by atoms with E-state index in [0.717, 1.165) is 19.3 Å². The van der Waals surface area contributed by atoms with Crippen molar-refractivity contribution in [3.8, 4) is 0 Å². The van der Waals surface area contributed by atoms with Gasteiger partial charge in [0.1, 0.15) is 11.7 Å². The predicted octanol–water partition coefficient (Wildman–Crippen LogP) is 5.50. The normalized spacial score (nSPS) is 49.4. The van der Waals surface area contributed by atoms with Gasteiger partial charge in [-0.15, -0.1) is 0 Å². The van der Waals surface area contributed by atoms with Crippen LogP contribution in [0.15, 0.2) is 23.8 Å². The van der Waals surface area contributed by atoms with Crippen LogP contribution in [0.4, 0.5) is 0 Å². The van der Waals surface area contributed by atoms with E-state index < -0.39 is 17.8 Å². The van der Waals surface area contributed by atoms with E-state index in [2.05, 4.69) is 53.7 Å². The molecule has 4 aliphatic rings. The average Bonchev–Trinajstić information content (AvgIpc) is 3.05. The molecule has 0 amide bonds. The number of hydrogen-bond acceptors (Lipinski definition) is 3. The fourth-order valence-electron chi connectivity index (χ4n) is 8.16. The third-order valence-corrected chi connectivity index (χ3v) is 10.7. The Labute approximate surface area is 190 Å². The van der Waals surface area contributed by atoms with Gasteiger partial charge in [-0.2, -0.15) is 0 Å². The van der Waals surface area contributed by atoms with E-state index in [0.29, 0.717) is 41.9 Å². The second kappa shape index (κ2) is 7.99. The van der Waals surface area contributed by atoms with Crippen LogP contribution < -0.4 is 0 Å². The highest BCUT2D eigenvalue weighted by Gasteiger charge is 2.64. The zero-order chi connectivity index (χ0) is 22.8. The van der Waals surface area contributed by atoms with Gasteiger partial charge in [-0.1, -0.05) is 65.3 Å². The molecule has 0 aromatic rings. The quantitative estimate of drug-likeness (QED) is 0.516. The fraction of sp³-hybridized carbons (Fsp3) is 0.857. The van der Waals surface area contributed by atoms with E-state index in [1.807, 2.05) is 6.08 Å². The number of aliphatic hydroxyl groups is 3. The molecule has 4 rings (SSSR count). The summed E-state index contributed by atoms with van der Waals surface area (Å²) < 4.78 is 0. The highest BCUT2D eigenvalue weighted by molar-refractivity contribution is 5.33. The maximum atomic E-state index is 11.6. The summed E-state index contributed by atoms with van der Waals surface area (Å²) in [5, 5.41) is 32.9. The summed E-state index contributed by atoms with van der Waals surface area (Å²) in [5.41, 5.74) is 0.160. The van der Waals surface area contributed by atoms with Gasteiger partial charge in [-0.05, 0) is 79.4 Å². The molecule has 0 saturated heterocycles. The summed E-state index contributed by atoms with van der Waals surface area (Å²) >= 11 is 0. The first-order valence-corrected chi connectivity index (χ1v) is 12.9. The van der Waals surface area contributed by atoms with Gasteiger partial charge >= 0.3 is 0 Å². The van der Waals surface area contributed by atoms with E-state index in [4.69, 9.17) is 0 Å². The van der Waals surface area contributed by atoms with E-state index in [1.165, 1.54) is 24.8 Å². The summed E-state index contributed by atoms with van der Waals surface area (Å²) in [6, 6.07) is 0. The Hall–Kier alpha value is -0.640. The predicted molar refractivity (Wildman–Crippen MR) is 126 cm³/mol. The second-order valence-electron chi connectivity index (χ2n) is 12.5. The zero-order valence-electron chi connectivity index (χ0n) is 20.6. The Morgan fingerprint density at radius 1 is 0.935 bits per heavy atom. The molecule has 0 heterocycles. The highest BCUT2D eigenvalue weighted by Crippen LogP contribution is 2.67. The van der Waals surface area contributed by atoms with Gasteiger partial charge in [0.2, 0.25) is 0 Å². The number of rotatable bonds is 4. The van der Waals surface area contributed by atoms with Gasteiger partial charge in [0.05, 0.1) is 6.10 Å². The van der Waals surface area contributed by atoms with E-state index in [-0.39, 0.29) is 10.8 Å². The lowest BCUT2D eigenvalue weighted by atomic mass is 9.45. The minimum atomic E-state index is -1.20. The zero-order valence-corrected chi connectivity index (χ0v) is 20.6. The summed E-state index contributed by atoms with van der Waals surface area (Å²) in [6.45, 7) is 14.0. The van der Waals surface area contributed by atoms with Gasteiger partial charge < -0.3 is 15.3 Å². The Morgan fingerprint density at radius 2 is 1.65 bits per heavy atom. The van der Waals surface area contributed by atoms with Crippen molar-refractivity contribution < 1.29 is 15.3 Å². The molecule has 3 saturated carbocycles. The molecule has 0 bridgehead atoms. The SMILES string of the molecule is CC(C)[C@@H](C)/C=C/[C@@H](C)[C@H]1CC[C@H]2C3=C[C@H](O)[C@]4(O)C[C@@H](O)CC[C@]4(C)[C@H]3CC[C@]12C. The van der Waals surface area contributed by atoms with Crippen molar-refractivity contribution in [2.45, 2.75) is 104 Å². The van der Waals surface area contributed by atoms with E-state index in [1.54, 1.807) is 0 Å². The first kappa shape index (κ1) is 23.5. The van der Waals surface area contributed by atoms with Crippen LogP contribution in [-0.4, -0.2) is 33.1 Å². The van der Waals surface area contributed by atoms with Crippen molar-refractivity contribution in [2.24, 2.45) is 46.3 Å². The molecule has 3 nitrogen and oxygen atoms in total. The van der Waals surface area contributed by atoms with Crippen molar-refractivity contribution in [1.29, 1.82) is 0 Å². The van der Waals surface area contributed by atoms with Crippen LogP contribution in [-0.2, 0) is 0 Å². The largest absolute Gasteiger partial charge is 0.393 e. The molecule has 3 fully saturated rings. The summed E-state index contributed by atoms with van der Waals surface area (Å²) in [7, 11) is 0. The topological polar surface area (TPSA) is 60.7 Å². The van der Waals surface area contributed by atoms with Crippen molar-refractivity contribution in [2.75, 3.05) is 0 Å². The minimum absolute atomic E-state index is 0.271. The van der Waals surface area contributed by atoms with E-state index in [9.17, 15) is 15.3 Å². The molecule has 3 N–H and O–H groups in total. The molecule has 0 aliphatic heterocycles. The second-order valence-corrected chi connectivity index (χ2v) is 12.5. The van der Waals surface area contributed by atoms with Crippen molar-refractivity contribution >= 4 is 0 Å². The molecular formula is C28H46O3. The molecule has 3 heteroatoms. The minimum Gasteiger partial charge on any atom is -0.393 e. The van der Waals surface area contributed by atoms with E-state index >= 15 is 0 Å². The lowest BCUT2D eigenvalue weighted by molar-refractivity contribution is -0.210. The monoisotopic (exact) mass is 430 g/mol. The molecule has 0 spiro atoms. The molecule has 31 heavy (non-hydrogen) atoms. The first-order chi connectivity index (χ1) is 14.4. The van der Waals surface area contributed by atoms with Crippen LogP contribution in [0, 0.1) is 46.3 Å².